The second kappa shape index (κ2) is 33.2. The number of hydrogen-bond acceptors (Lipinski definition) is 7. The van der Waals surface area contributed by atoms with Crippen LogP contribution < -0.4 is 5.11 Å². The number of aliphatic hydroxyl groups excluding tert-OH is 1. The number of hydrogen-bond donors (Lipinski definition) is 1. The molecule has 0 rings (SSSR count). The van der Waals surface area contributed by atoms with Gasteiger partial charge in [0.25, 0.3) is 0 Å². The predicted molar refractivity (Wildman–Crippen MR) is 195 cm³/mol. The Bertz CT molecular complexity index is 875. The van der Waals surface area contributed by atoms with Crippen molar-refractivity contribution in [3.63, 3.8) is 0 Å². The molecule has 0 aliphatic carbocycles. The number of esters is 1. The molecule has 0 saturated heterocycles. The number of carboxylic acid groups (broad SMARTS) is 1. The number of nitrogens with zero attached hydrogens (tertiary/aromatic N) is 1. The van der Waals surface area contributed by atoms with Crippen molar-refractivity contribution < 1.29 is 38.5 Å². The second-order valence-corrected chi connectivity index (χ2v) is 13.7. The van der Waals surface area contributed by atoms with Crippen LogP contribution in [0.1, 0.15) is 135 Å². The summed E-state index contributed by atoms with van der Waals surface area (Å²) < 4.78 is 16.0. The first kappa shape index (κ1) is 45.7. The van der Waals surface area contributed by atoms with Crippen molar-refractivity contribution in [2.45, 2.75) is 148 Å². The van der Waals surface area contributed by atoms with Gasteiger partial charge in [0.05, 0.1) is 40.3 Å². The highest BCUT2D eigenvalue weighted by Gasteiger charge is 2.17. The lowest BCUT2D eigenvalue weighted by atomic mass is 10.0. The number of allylic oxidation sites excluding steroid dienone is 8. The van der Waals surface area contributed by atoms with Crippen molar-refractivity contribution in [2.24, 2.45) is 0 Å². The van der Waals surface area contributed by atoms with Crippen molar-refractivity contribution in [3.05, 3.63) is 48.6 Å². The maximum Gasteiger partial charge on any atom is 0.305 e. The van der Waals surface area contributed by atoms with Crippen LogP contribution in [0.4, 0.5) is 0 Å². The van der Waals surface area contributed by atoms with E-state index in [1.165, 1.54) is 77.0 Å². The van der Waals surface area contributed by atoms with E-state index in [0.29, 0.717) is 17.4 Å². The van der Waals surface area contributed by atoms with Gasteiger partial charge in [-0.1, -0.05) is 133 Å². The Morgan fingerprint density at radius 1 is 0.646 bits per heavy atom. The quantitative estimate of drug-likeness (QED) is 0.0244. The molecule has 0 bridgehead atoms. The first-order valence-corrected chi connectivity index (χ1v) is 18.8. The van der Waals surface area contributed by atoms with E-state index in [4.69, 9.17) is 14.2 Å². The Morgan fingerprint density at radius 3 is 1.58 bits per heavy atom. The Morgan fingerprint density at radius 2 is 1.10 bits per heavy atom. The van der Waals surface area contributed by atoms with Gasteiger partial charge in [0.1, 0.15) is 19.3 Å². The van der Waals surface area contributed by atoms with Gasteiger partial charge in [0, 0.05) is 6.42 Å². The number of carboxylic acids is 1. The topological polar surface area (TPSA) is 105 Å². The smallest absolute Gasteiger partial charge is 0.305 e. The molecule has 0 spiro atoms. The zero-order chi connectivity index (χ0) is 35.6. The second-order valence-electron chi connectivity index (χ2n) is 13.7. The number of ether oxygens (including phenoxy) is 3. The summed E-state index contributed by atoms with van der Waals surface area (Å²) in [6.45, 7) is 2.34. The molecule has 0 aliphatic rings. The number of unbranched alkanes of at least 4 members (excludes halogenated alkanes) is 14. The lowest BCUT2D eigenvalue weighted by Crippen LogP contribution is -2.44. The Labute approximate surface area is 293 Å². The molecule has 0 aromatic carbocycles. The van der Waals surface area contributed by atoms with E-state index in [-0.39, 0.29) is 25.8 Å². The fourth-order valence-corrected chi connectivity index (χ4v) is 4.88. The third-order valence-corrected chi connectivity index (χ3v) is 7.82. The average Bonchev–Trinajstić information content (AvgIpc) is 3.04. The van der Waals surface area contributed by atoms with Crippen molar-refractivity contribution >= 4 is 11.9 Å². The summed E-state index contributed by atoms with van der Waals surface area (Å²) in [5.74, 6) is -1.87. The normalized spacial score (nSPS) is 13.8. The van der Waals surface area contributed by atoms with Gasteiger partial charge in [0.2, 0.25) is 0 Å². The Balaban J connectivity index is 3.50. The fourth-order valence-electron chi connectivity index (χ4n) is 4.88. The molecule has 8 heteroatoms. The van der Waals surface area contributed by atoms with E-state index in [2.05, 4.69) is 55.5 Å². The molecule has 0 aromatic heterocycles. The number of carbonyl (C=O) groups is 2. The van der Waals surface area contributed by atoms with E-state index < -0.39 is 18.4 Å². The third kappa shape index (κ3) is 35.1. The van der Waals surface area contributed by atoms with Crippen molar-refractivity contribution in [2.75, 3.05) is 47.5 Å². The van der Waals surface area contributed by atoms with Crippen LogP contribution in [0.15, 0.2) is 48.6 Å². The highest BCUT2D eigenvalue weighted by Crippen LogP contribution is 2.14. The molecule has 0 heterocycles. The summed E-state index contributed by atoms with van der Waals surface area (Å²) in [6.07, 6.45) is 38.4. The van der Waals surface area contributed by atoms with E-state index in [1.807, 2.05) is 21.1 Å². The molecular formula is C40H71NO7. The van der Waals surface area contributed by atoms with Crippen molar-refractivity contribution in [1.82, 2.24) is 0 Å². The van der Waals surface area contributed by atoms with Crippen LogP contribution in [-0.4, -0.2) is 81.4 Å². The summed E-state index contributed by atoms with van der Waals surface area (Å²) >= 11 is 0. The largest absolute Gasteiger partial charge is 0.545 e. The maximum atomic E-state index is 12.0. The minimum absolute atomic E-state index is 0.169. The molecule has 278 valence electrons. The first-order valence-electron chi connectivity index (χ1n) is 18.8. The number of aliphatic carboxylic acids is 1. The van der Waals surface area contributed by atoms with Crippen molar-refractivity contribution in [1.29, 1.82) is 0 Å². The lowest BCUT2D eigenvalue weighted by molar-refractivity contribution is -0.870. The van der Waals surface area contributed by atoms with Gasteiger partial charge in [0.15, 0.2) is 6.29 Å². The monoisotopic (exact) mass is 678 g/mol. The molecule has 0 aromatic rings. The molecule has 0 radical (unpaired) electrons. The molecule has 0 fully saturated rings. The number of carbonyl (C=O) groups excluding carboxylic acids is 2. The fraction of sp³-hybridized carbons (Fsp3) is 0.750. The summed E-state index contributed by atoms with van der Waals surface area (Å²) in [6, 6.07) is 0. The van der Waals surface area contributed by atoms with E-state index in [1.54, 1.807) is 0 Å². The molecular weight excluding hydrogens is 606 g/mol. The summed E-state index contributed by atoms with van der Waals surface area (Å²) in [5, 5.41) is 21.2. The van der Waals surface area contributed by atoms with Gasteiger partial charge >= 0.3 is 5.97 Å². The lowest BCUT2D eigenvalue weighted by Gasteiger charge is -2.26. The molecule has 48 heavy (non-hydrogen) atoms. The van der Waals surface area contributed by atoms with Gasteiger partial charge in [-0.3, -0.25) is 4.79 Å². The van der Waals surface area contributed by atoms with Gasteiger partial charge in [-0.15, -0.1) is 0 Å². The third-order valence-electron chi connectivity index (χ3n) is 7.82. The molecule has 0 amide bonds. The van der Waals surface area contributed by atoms with Gasteiger partial charge < -0.3 is 33.7 Å². The number of likely N-dealkylation sites (N-methyl/N-ethyl adjacent to an activating group) is 1. The minimum atomic E-state index is -1.57. The SMILES string of the molecule is CC/C=C\C/C=C\C/C=C\C/C=C\CCCCCCCCCCCCCCCCC(=O)OCC(O)COC(OCC[N+](C)(C)C)C(=O)[O-]. The standard InChI is InChI=1S/C40H71NO7/c1-5-6-7-8-9-10-11-12-13-14-15-16-17-18-19-20-21-22-23-24-25-26-27-28-29-30-31-32-38(43)47-35-37(42)36-48-40(39(44)45)46-34-33-41(2,3)4/h6-7,9-10,12-13,15-16,37,40,42H,5,8,11,14,17-36H2,1-4H3/b7-6-,10-9-,13-12-,16-15-. The molecule has 0 saturated carbocycles. The van der Waals surface area contributed by atoms with Crippen LogP contribution in [0.3, 0.4) is 0 Å². The number of aliphatic hydroxyl groups is 1. The van der Waals surface area contributed by atoms with Crippen LogP contribution in [0.25, 0.3) is 0 Å². The first-order chi connectivity index (χ1) is 23.2. The van der Waals surface area contributed by atoms with Crippen LogP contribution in [0.2, 0.25) is 0 Å². The zero-order valence-corrected chi connectivity index (χ0v) is 31.1. The molecule has 2 unspecified atom stereocenters. The highest BCUT2D eigenvalue weighted by molar-refractivity contribution is 5.69. The number of rotatable bonds is 34. The predicted octanol–water partition coefficient (Wildman–Crippen LogP) is 7.75. The zero-order valence-electron chi connectivity index (χ0n) is 31.1. The maximum absolute atomic E-state index is 12.0. The van der Waals surface area contributed by atoms with E-state index >= 15 is 0 Å². The minimum Gasteiger partial charge on any atom is -0.545 e. The molecule has 0 aliphatic heterocycles. The Kier molecular flexibility index (Phi) is 31.7. The van der Waals surface area contributed by atoms with Crippen LogP contribution in [0, 0.1) is 0 Å². The summed E-state index contributed by atoms with van der Waals surface area (Å²) in [5.41, 5.74) is 0. The number of quaternary nitrogens is 1. The molecule has 1 N–H and O–H groups in total. The molecule has 2 atom stereocenters. The summed E-state index contributed by atoms with van der Waals surface area (Å²) in [7, 11) is 5.87. The van der Waals surface area contributed by atoms with E-state index in [9.17, 15) is 19.8 Å². The molecule has 8 nitrogen and oxygen atoms in total. The van der Waals surface area contributed by atoms with E-state index in [0.717, 1.165) is 44.9 Å². The summed E-state index contributed by atoms with van der Waals surface area (Å²) in [4.78, 5) is 23.1. The van der Waals surface area contributed by atoms with Crippen LogP contribution >= 0.6 is 0 Å². The van der Waals surface area contributed by atoms with Gasteiger partial charge in [-0.2, -0.15) is 0 Å². The van der Waals surface area contributed by atoms with Crippen LogP contribution in [-0.2, 0) is 23.8 Å². The van der Waals surface area contributed by atoms with Gasteiger partial charge in [-0.05, 0) is 44.9 Å². The average molecular weight is 678 g/mol. The Hall–Kier alpha value is -2.26. The van der Waals surface area contributed by atoms with Crippen LogP contribution in [0.5, 0.6) is 0 Å². The van der Waals surface area contributed by atoms with Crippen molar-refractivity contribution in [3.8, 4) is 0 Å². The van der Waals surface area contributed by atoms with Gasteiger partial charge in [-0.25, -0.2) is 0 Å². The highest BCUT2D eigenvalue weighted by atomic mass is 16.7.